The molecule has 0 spiro atoms. The molecule has 0 aliphatic rings. The van der Waals surface area contributed by atoms with E-state index in [2.05, 4.69) is 21.2 Å². The lowest BCUT2D eigenvalue weighted by Gasteiger charge is -2.28. The topological polar surface area (TPSA) is 72.2 Å². The standard InChI is InChI=1S/C18H19BrN2O2S/c1-12-10-14(19)8-9-15(12)24-11-16(22)21-18(2,17(20)23)13-6-4-3-5-7-13/h3-10H,11H2,1-2H3,(H2,20,23)(H,21,22). The third-order valence-corrected chi connectivity index (χ3v) is 5.40. The molecule has 0 saturated heterocycles. The maximum atomic E-state index is 12.3. The lowest BCUT2D eigenvalue weighted by molar-refractivity contribution is -0.130. The van der Waals surface area contributed by atoms with E-state index in [1.54, 1.807) is 19.1 Å². The van der Waals surface area contributed by atoms with Gasteiger partial charge in [-0.1, -0.05) is 46.3 Å². The van der Waals surface area contributed by atoms with Crippen LogP contribution in [0.1, 0.15) is 18.1 Å². The first-order valence-electron chi connectivity index (χ1n) is 7.38. The molecule has 0 aliphatic heterocycles. The van der Waals surface area contributed by atoms with Crippen LogP contribution in [-0.2, 0) is 15.1 Å². The Morgan fingerprint density at radius 2 is 1.88 bits per heavy atom. The number of rotatable bonds is 6. The Labute approximate surface area is 154 Å². The van der Waals surface area contributed by atoms with Gasteiger partial charge in [0.1, 0.15) is 5.54 Å². The fourth-order valence-corrected chi connectivity index (χ4v) is 3.57. The molecule has 126 valence electrons. The molecule has 0 saturated carbocycles. The zero-order chi connectivity index (χ0) is 17.7. The highest BCUT2D eigenvalue weighted by Gasteiger charge is 2.34. The van der Waals surface area contributed by atoms with E-state index in [9.17, 15) is 9.59 Å². The SMILES string of the molecule is Cc1cc(Br)ccc1SCC(=O)NC(C)(C(N)=O)c1ccccc1. The van der Waals surface area contributed by atoms with Crippen LogP contribution in [0.15, 0.2) is 57.9 Å². The molecule has 3 N–H and O–H groups in total. The molecule has 1 unspecified atom stereocenters. The quantitative estimate of drug-likeness (QED) is 0.722. The second-order valence-corrected chi connectivity index (χ2v) is 7.53. The van der Waals surface area contributed by atoms with Gasteiger partial charge in [-0.05, 0) is 43.2 Å². The van der Waals surface area contributed by atoms with Gasteiger partial charge in [0.15, 0.2) is 0 Å². The summed E-state index contributed by atoms with van der Waals surface area (Å²) in [6.07, 6.45) is 0. The van der Waals surface area contributed by atoms with Gasteiger partial charge in [0.2, 0.25) is 11.8 Å². The Balaban J connectivity index is 2.08. The zero-order valence-electron chi connectivity index (χ0n) is 13.5. The minimum absolute atomic E-state index is 0.207. The van der Waals surface area contributed by atoms with Gasteiger partial charge in [-0.25, -0.2) is 0 Å². The van der Waals surface area contributed by atoms with Crippen molar-refractivity contribution in [1.82, 2.24) is 5.32 Å². The molecule has 0 radical (unpaired) electrons. The van der Waals surface area contributed by atoms with Crippen LogP contribution < -0.4 is 11.1 Å². The van der Waals surface area contributed by atoms with E-state index in [1.807, 2.05) is 43.3 Å². The molecule has 2 rings (SSSR count). The molecule has 2 amide bonds. The Hall–Kier alpha value is -1.79. The number of halogens is 1. The minimum atomic E-state index is -1.23. The summed E-state index contributed by atoms with van der Waals surface area (Å²) in [5.41, 5.74) is 6.05. The molecule has 6 heteroatoms. The molecule has 0 aromatic heterocycles. The van der Waals surface area contributed by atoms with Gasteiger partial charge in [-0.2, -0.15) is 0 Å². The molecule has 2 aromatic carbocycles. The number of aryl methyl sites for hydroxylation is 1. The van der Waals surface area contributed by atoms with Crippen molar-refractivity contribution < 1.29 is 9.59 Å². The van der Waals surface area contributed by atoms with E-state index in [1.165, 1.54) is 11.8 Å². The minimum Gasteiger partial charge on any atom is -0.367 e. The smallest absolute Gasteiger partial charge is 0.247 e. The number of thioether (sulfide) groups is 1. The first-order chi connectivity index (χ1) is 11.3. The summed E-state index contributed by atoms with van der Waals surface area (Å²) in [7, 11) is 0. The molecule has 0 aliphatic carbocycles. The number of hydrogen-bond donors (Lipinski definition) is 2. The van der Waals surface area contributed by atoms with E-state index in [0.29, 0.717) is 5.56 Å². The summed E-state index contributed by atoms with van der Waals surface area (Å²) in [4.78, 5) is 25.3. The summed E-state index contributed by atoms with van der Waals surface area (Å²) >= 11 is 4.84. The molecular formula is C18H19BrN2O2S. The third-order valence-electron chi connectivity index (χ3n) is 3.73. The molecular weight excluding hydrogens is 388 g/mol. The zero-order valence-corrected chi connectivity index (χ0v) is 15.9. The third kappa shape index (κ3) is 4.39. The Morgan fingerprint density at radius 1 is 1.21 bits per heavy atom. The molecule has 0 bridgehead atoms. The average molecular weight is 407 g/mol. The second kappa shape index (κ2) is 7.85. The molecule has 1 atom stereocenters. The lowest BCUT2D eigenvalue weighted by Crippen LogP contribution is -2.53. The van der Waals surface area contributed by atoms with Crippen molar-refractivity contribution in [2.45, 2.75) is 24.3 Å². The van der Waals surface area contributed by atoms with Gasteiger partial charge in [0.25, 0.3) is 0 Å². The largest absolute Gasteiger partial charge is 0.367 e. The van der Waals surface area contributed by atoms with Crippen molar-refractivity contribution in [1.29, 1.82) is 0 Å². The van der Waals surface area contributed by atoms with Gasteiger partial charge in [0, 0.05) is 9.37 Å². The summed E-state index contributed by atoms with van der Waals surface area (Å²) in [5, 5.41) is 2.77. The predicted molar refractivity (Wildman–Crippen MR) is 101 cm³/mol. The molecule has 2 aromatic rings. The lowest BCUT2D eigenvalue weighted by atomic mass is 9.91. The molecule has 24 heavy (non-hydrogen) atoms. The highest BCUT2D eigenvalue weighted by Crippen LogP contribution is 2.26. The Kier molecular flexibility index (Phi) is 6.07. The van der Waals surface area contributed by atoms with Gasteiger partial charge in [0.05, 0.1) is 5.75 Å². The summed E-state index contributed by atoms with van der Waals surface area (Å²) in [5.74, 6) is -0.627. The summed E-state index contributed by atoms with van der Waals surface area (Å²) in [6.45, 7) is 3.61. The van der Waals surface area contributed by atoms with Gasteiger partial charge >= 0.3 is 0 Å². The number of benzene rings is 2. The summed E-state index contributed by atoms with van der Waals surface area (Å²) in [6, 6.07) is 14.9. The van der Waals surface area contributed by atoms with E-state index >= 15 is 0 Å². The van der Waals surface area contributed by atoms with E-state index in [-0.39, 0.29) is 11.7 Å². The highest BCUT2D eigenvalue weighted by atomic mass is 79.9. The van der Waals surface area contributed by atoms with Crippen molar-refractivity contribution in [3.8, 4) is 0 Å². The number of nitrogens with one attached hydrogen (secondary N) is 1. The number of carbonyl (C=O) groups excluding carboxylic acids is 2. The maximum Gasteiger partial charge on any atom is 0.247 e. The Bertz CT molecular complexity index is 752. The van der Waals surface area contributed by atoms with Gasteiger partial charge in [-0.3, -0.25) is 9.59 Å². The normalized spacial score (nSPS) is 13.1. The van der Waals surface area contributed by atoms with Crippen LogP contribution in [0.4, 0.5) is 0 Å². The van der Waals surface area contributed by atoms with Crippen LogP contribution >= 0.6 is 27.7 Å². The monoisotopic (exact) mass is 406 g/mol. The molecule has 0 fully saturated rings. The first kappa shape index (κ1) is 18.5. The van der Waals surface area contributed by atoms with Crippen molar-refractivity contribution in [3.63, 3.8) is 0 Å². The number of amides is 2. The van der Waals surface area contributed by atoms with Crippen molar-refractivity contribution in [2.75, 3.05) is 5.75 Å². The van der Waals surface area contributed by atoms with Crippen LogP contribution in [0.2, 0.25) is 0 Å². The van der Waals surface area contributed by atoms with E-state index < -0.39 is 11.4 Å². The van der Waals surface area contributed by atoms with Crippen LogP contribution in [0.3, 0.4) is 0 Å². The van der Waals surface area contributed by atoms with E-state index in [0.717, 1.165) is 14.9 Å². The molecule has 4 nitrogen and oxygen atoms in total. The van der Waals surface area contributed by atoms with Crippen LogP contribution in [0, 0.1) is 6.92 Å². The number of hydrogen-bond acceptors (Lipinski definition) is 3. The fourth-order valence-electron chi connectivity index (χ4n) is 2.28. The first-order valence-corrected chi connectivity index (χ1v) is 9.16. The summed E-state index contributed by atoms with van der Waals surface area (Å²) < 4.78 is 0.999. The second-order valence-electron chi connectivity index (χ2n) is 5.60. The number of primary amides is 1. The average Bonchev–Trinajstić information content (AvgIpc) is 2.54. The van der Waals surface area contributed by atoms with Gasteiger partial charge < -0.3 is 11.1 Å². The molecule has 0 heterocycles. The predicted octanol–water partition coefficient (Wildman–Crippen LogP) is 3.37. The van der Waals surface area contributed by atoms with Crippen molar-refractivity contribution >= 4 is 39.5 Å². The van der Waals surface area contributed by atoms with Crippen molar-refractivity contribution in [3.05, 3.63) is 64.1 Å². The number of carbonyl (C=O) groups is 2. The Morgan fingerprint density at radius 3 is 2.46 bits per heavy atom. The maximum absolute atomic E-state index is 12.3. The van der Waals surface area contributed by atoms with Crippen LogP contribution in [0.5, 0.6) is 0 Å². The van der Waals surface area contributed by atoms with Gasteiger partial charge in [-0.15, -0.1) is 11.8 Å². The van der Waals surface area contributed by atoms with Crippen LogP contribution in [0.25, 0.3) is 0 Å². The fraction of sp³-hybridized carbons (Fsp3) is 0.222. The van der Waals surface area contributed by atoms with E-state index in [4.69, 9.17) is 5.73 Å². The highest BCUT2D eigenvalue weighted by molar-refractivity contribution is 9.10. The van der Waals surface area contributed by atoms with Crippen LogP contribution in [-0.4, -0.2) is 17.6 Å². The number of nitrogens with two attached hydrogens (primary N) is 1. The van der Waals surface area contributed by atoms with Crippen molar-refractivity contribution in [2.24, 2.45) is 5.73 Å².